The molecule has 3 aliphatic rings. The number of carbonyl (C=O) groups is 1. The lowest BCUT2D eigenvalue weighted by atomic mass is 9.71. The quantitative estimate of drug-likeness (QED) is 0.267. The second-order valence-electron chi connectivity index (χ2n) is 8.66. The van der Waals surface area contributed by atoms with Crippen LogP contribution in [0.5, 0.6) is 11.5 Å². The lowest BCUT2D eigenvalue weighted by Gasteiger charge is -2.51. The van der Waals surface area contributed by atoms with E-state index in [1.165, 1.54) is 24.4 Å². The summed E-state index contributed by atoms with van der Waals surface area (Å²) in [5, 5.41) is 0. The highest BCUT2D eigenvalue weighted by atomic mass is 32.2. The Kier molecular flexibility index (Phi) is 5.59. The zero-order chi connectivity index (χ0) is 25.1. The van der Waals surface area contributed by atoms with Gasteiger partial charge < -0.3 is 18.6 Å². The van der Waals surface area contributed by atoms with Crippen LogP contribution >= 0.6 is 0 Å². The van der Waals surface area contributed by atoms with Crippen LogP contribution in [0.3, 0.4) is 0 Å². The van der Waals surface area contributed by atoms with E-state index < -0.39 is 44.5 Å². The maximum atomic E-state index is 13.7. The van der Waals surface area contributed by atoms with Crippen molar-refractivity contribution < 1.29 is 40.0 Å². The average Bonchev–Trinajstić information content (AvgIpc) is 2.97. The standard InChI is InChI=1S/C20H23F3N4O6S/c1-18-8-5-9-31-15(18)19(16(28)27(4)17(25-19)24-11-26(2)3)13-10-12(6-7-14(13)32-18)33-34(29,30)20(21,22)23/h6-7,10-11,15H,5,8-9H2,1-4H3/t15-,18-,19-/m0/s1. The minimum atomic E-state index is -5.93. The Labute approximate surface area is 194 Å². The lowest BCUT2D eigenvalue weighted by molar-refractivity contribution is -0.175. The van der Waals surface area contributed by atoms with Crippen molar-refractivity contribution in [3.63, 3.8) is 0 Å². The summed E-state index contributed by atoms with van der Waals surface area (Å²) in [6.45, 7) is 2.08. The Morgan fingerprint density at radius 2 is 2.06 bits per heavy atom. The van der Waals surface area contributed by atoms with Gasteiger partial charge in [-0.2, -0.15) is 21.6 Å². The molecule has 14 heteroatoms. The molecule has 0 bridgehead atoms. The Morgan fingerprint density at radius 1 is 1.35 bits per heavy atom. The molecule has 34 heavy (non-hydrogen) atoms. The van der Waals surface area contributed by atoms with Gasteiger partial charge in [-0.05, 0) is 38.0 Å². The molecule has 1 amide bonds. The van der Waals surface area contributed by atoms with E-state index in [1.54, 1.807) is 25.9 Å². The van der Waals surface area contributed by atoms with Crippen LogP contribution in [-0.4, -0.2) is 81.4 Å². The minimum Gasteiger partial charge on any atom is -0.484 e. The first-order valence-electron chi connectivity index (χ1n) is 10.3. The molecule has 4 rings (SSSR count). The normalized spacial score (nSPS) is 29.0. The number of rotatable bonds is 3. The minimum absolute atomic E-state index is 0.0265. The molecule has 0 unspecified atom stereocenters. The molecule has 1 aromatic rings. The summed E-state index contributed by atoms with van der Waals surface area (Å²) in [6.07, 6.45) is 1.68. The molecule has 0 aliphatic carbocycles. The summed E-state index contributed by atoms with van der Waals surface area (Å²) in [7, 11) is -1.01. The molecule has 1 fully saturated rings. The highest BCUT2D eigenvalue weighted by Crippen LogP contribution is 2.54. The van der Waals surface area contributed by atoms with Gasteiger partial charge in [-0.25, -0.2) is 9.98 Å². The summed E-state index contributed by atoms with van der Waals surface area (Å²) >= 11 is 0. The molecule has 1 saturated heterocycles. The third kappa shape index (κ3) is 3.68. The van der Waals surface area contributed by atoms with Crippen molar-refractivity contribution in [3.05, 3.63) is 23.8 Å². The smallest absolute Gasteiger partial charge is 0.484 e. The van der Waals surface area contributed by atoms with Crippen LogP contribution in [0.2, 0.25) is 0 Å². The van der Waals surface area contributed by atoms with E-state index in [9.17, 15) is 26.4 Å². The van der Waals surface area contributed by atoms with E-state index in [0.29, 0.717) is 19.4 Å². The molecule has 1 spiro atoms. The van der Waals surface area contributed by atoms with E-state index >= 15 is 0 Å². The van der Waals surface area contributed by atoms with Crippen molar-refractivity contribution in [3.8, 4) is 11.5 Å². The Bertz CT molecular complexity index is 1190. The van der Waals surface area contributed by atoms with Gasteiger partial charge in [0, 0.05) is 33.3 Å². The molecular formula is C20H23F3N4O6S. The van der Waals surface area contributed by atoms with Gasteiger partial charge in [0.05, 0.1) is 6.34 Å². The van der Waals surface area contributed by atoms with Crippen LogP contribution < -0.4 is 8.92 Å². The lowest BCUT2D eigenvalue weighted by Crippen LogP contribution is -2.64. The first kappa shape index (κ1) is 24.3. The van der Waals surface area contributed by atoms with Gasteiger partial charge >= 0.3 is 15.6 Å². The topological polar surface area (TPSA) is 110 Å². The van der Waals surface area contributed by atoms with Crippen LogP contribution in [0.15, 0.2) is 28.2 Å². The molecule has 1 aromatic carbocycles. The number of hydrogen-bond acceptors (Lipinski definition) is 8. The first-order chi connectivity index (χ1) is 15.7. The maximum absolute atomic E-state index is 13.7. The van der Waals surface area contributed by atoms with Crippen LogP contribution in [0.4, 0.5) is 13.2 Å². The largest absolute Gasteiger partial charge is 0.534 e. The van der Waals surface area contributed by atoms with E-state index in [0.717, 1.165) is 12.1 Å². The van der Waals surface area contributed by atoms with Crippen molar-refractivity contribution in [2.45, 2.75) is 42.5 Å². The predicted molar refractivity (Wildman–Crippen MR) is 114 cm³/mol. The van der Waals surface area contributed by atoms with Crippen LogP contribution in [-0.2, 0) is 25.2 Å². The second-order valence-corrected chi connectivity index (χ2v) is 10.2. The number of alkyl halides is 3. The fourth-order valence-electron chi connectivity index (χ4n) is 4.37. The molecular weight excluding hydrogens is 481 g/mol. The van der Waals surface area contributed by atoms with E-state index in [4.69, 9.17) is 9.47 Å². The van der Waals surface area contributed by atoms with Crippen molar-refractivity contribution in [1.29, 1.82) is 0 Å². The van der Waals surface area contributed by atoms with E-state index in [2.05, 4.69) is 14.2 Å². The molecule has 186 valence electrons. The fraction of sp³-hybridized carbons (Fsp3) is 0.550. The molecule has 0 saturated carbocycles. The molecule has 10 nitrogen and oxygen atoms in total. The summed E-state index contributed by atoms with van der Waals surface area (Å²) in [4.78, 5) is 25.4. The average molecular weight is 504 g/mol. The van der Waals surface area contributed by atoms with Gasteiger partial charge in [0.25, 0.3) is 5.91 Å². The van der Waals surface area contributed by atoms with Crippen LogP contribution in [0.1, 0.15) is 25.3 Å². The third-order valence-electron chi connectivity index (χ3n) is 5.84. The van der Waals surface area contributed by atoms with Crippen molar-refractivity contribution in [2.75, 3.05) is 27.7 Å². The number of hydrogen-bond donors (Lipinski definition) is 0. The Hall–Kier alpha value is -2.87. The van der Waals surface area contributed by atoms with Crippen molar-refractivity contribution in [2.24, 2.45) is 9.98 Å². The molecule has 3 atom stereocenters. The number of carbonyl (C=O) groups excluding carboxylic acids is 1. The van der Waals surface area contributed by atoms with Crippen LogP contribution in [0, 0.1) is 0 Å². The van der Waals surface area contributed by atoms with Gasteiger partial charge in [-0.15, -0.1) is 0 Å². The summed E-state index contributed by atoms with van der Waals surface area (Å²) < 4.78 is 78.2. The number of nitrogens with zero attached hydrogens (tertiary/aromatic N) is 4. The third-order valence-corrected chi connectivity index (χ3v) is 6.82. The highest BCUT2D eigenvalue weighted by molar-refractivity contribution is 7.88. The zero-order valence-corrected chi connectivity index (χ0v) is 19.6. The molecule has 3 aliphatic heterocycles. The number of halogens is 3. The summed E-state index contributed by atoms with van der Waals surface area (Å²) in [6, 6.07) is 3.31. The summed E-state index contributed by atoms with van der Waals surface area (Å²) in [5.74, 6) is -0.979. The van der Waals surface area contributed by atoms with Crippen LogP contribution in [0.25, 0.3) is 0 Å². The molecule has 0 N–H and O–H groups in total. The van der Waals surface area contributed by atoms with E-state index in [-0.39, 0.29) is 17.3 Å². The molecule has 3 heterocycles. The predicted octanol–water partition coefficient (Wildman–Crippen LogP) is 1.86. The Balaban J connectivity index is 1.91. The number of ether oxygens (including phenoxy) is 2. The van der Waals surface area contributed by atoms with Gasteiger partial charge in [0.2, 0.25) is 11.5 Å². The van der Waals surface area contributed by atoms with Gasteiger partial charge in [0.1, 0.15) is 23.2 Å². The molecule has 0 aromatic heterocycles. The number of likely N-dealkylation sites (N-methyl/N-ethyl adjacent to an activating group) is 1. The van der Waals surface area contributed by atoms with Crippen molar-refractivity contribution in [1.82, 2.24) is 9.80 Å². The number of fused-ring (bicyclic) bond motifs is 4. The monoisotopic (exact) mass is 504 g/mol. The van der Waals surface area contributed by atoms with Gasteiger partial charge in [0.15, 0.2) is 0 Å². The highest BCUT2D eigenvalue weighted by Gasteiger charge is 2.65. The maximum Gasteiger partial charge on any atom is 0.534 e. The molecule has 0 radical (unpaired) electrons. The number of guanidine groups is 1. The Morgan fingerprint density at radius 3 is 2.71 bits per heavy atom. The van der Waals surface area contributed by atoms with Gasteiger partial charge in [-0.1, -0.05) is 0 Å². The SMILES string of the molecule is CN(C)C=NC1=N[C@@]2(C(=O)N1C)c1cc(OS(=O)(=O)C(F)(F)F)ccc1O[C@@]1(C)CCCO[C@@H]12. The number of amides is 1. The number of aliphatic imine (C=N–C) groups is 2. The van der Waals surface area contributed by atoms with E-state index in [1.807, 2.05) is 0 Å². The first-order valence-corrected chi connectivity index (χ1v) is 11.7. The fourth-order valence-corrected chi connectivity index (χ4v) is 4.82. The van der Waals surface area contributed by atoms with Crippen molar-refractivity contribution >= 4 is 28.3 Å². The second kappa shape index (κ2) is 7.83. The zero-order valence-electron chi connectivity index (χ0n) is 18.8. The summed E-state index contributed by atoms with van der Waals surface area (Å²) in [5.41, 5.74) is -8.35. The van der Waals surface area contributed by atoms with Gasteiger partial charge in [-0.3, -0.25) is 9.69 Å². The number of benzene rings is 1.